The molecule has 0 aliphatic rings. The minimum Gasteiger partial charge on any atom is -0.480 e. The molecule has 0 aliphatic carbocycles. The average Bonchev–Trinajstić information content (AvgIpc) is 2.62. The van der Waals surface area contributed by atoms with Crippen LogP contribution in [0.5, 0.6) is 0 Å². The molecule has 0 aromatic carbocycles. The highest BCUT2D eigenvalue weighted by molar-refractivity contribution is 5.69. The predicted molar refractivity (Wildman–Crippen MR) is 73.8 cm³/mol. The molecule has 0 amide bonds. The van der Waals surface area contributed by atoms with Crippen LogP contribution >= 0.6 is 0 Å². The Labute approximate surface area is 114 Å². The molecule has 1 unspecified atom stereocenters. The number of carbonyl (C=O) groups is 1. The number of aryl methyl sites for hydroxylation is 2. The second kappa shape index (κ2) is 6.39. The van der Waals surface area contributed by atoms with E-state index in [1.54, 1.807) is 4.90 Å². The Morgan fingerprint density at radius 3 is 2.63 bits per heavy atom. The van der Waals surface area contributed by atoms with Crippen LogP contribution < -0.4 is 0 Å². The molecular weight excluding hydrogens is 242 g/mol. The van der Waals surface area contributed by atoms with Crippen LogP contribution in [-0.2, 0) is 11.3 Å². The van der Waals surface area contributed by atoms with Crippen LogP contribution in [0.1, 0.15) is 36.8 Å². The second-order valence-electron chi connectivity index (χ2n) is 4.58. The summed E-state index contributed by atoms with van der Waals surface area (Å²) in [6.45, 7) is 8.99. The van der Waals surface area contributed by atoms with Gasteiger partial charge in [0.25, 0.3) is 0 Å². The van der Waals surface area contributed by atoms with Crippen molar-refractivity contribution in [2.24, 2.45) is 0 Å². The first-order chi connectivity index (χ1) is 8.92. The van der Waals surface area contributed by atoms with Gasteiger partial charge in [0.15, 0.2) is 0 Å². The highest BCUT2D eigenvalue weighted by Gasteiger charge is 2.23. The molecule has 0 saturated heterocycles. The minimum atomic E-state index is -0.875. The fourth-order valence-electron chi connectivity index (χ4n) is 2.43. The molecule has 5 heteroatoms. The van der Waals surface area contributed by atoms with E-state index in [9.17, 15) is 4.79 Å². The summed E-state index contributed by atoms with van der Waals surface area (Å²) in [6.07, 6.45) is 5.32. The molecular formula is C14H21N3O2. The molecule has 0 bridgehead atoms. The topological polar surface area (TPSA) is 58.4 Å². The molecule has 1 N–H and O–H groups in total. The van der Waals surface area contributed by atoms with E-state index < -0.39 is 5.97 Å². The largest absolute Gasteiger partial charge is 0.480 e. The van der Waals surface area contributed by atoms with Crippen LogP contribution in [0, 0.1) is 26.2 Å². The summed E-state index contributed by atoms with van der Waals surface area (Å²) in [5.41, 5.74) is 3.07. The molecule has 1 rings (SSSR count). The Kier molecular flexibility index (Phi) is 5.13. The molecule has 1 atom stereocenters. The van der Waals surface area contributed by atoms with Crippen molar-refractivity contribution in [3.8, 4) is 12.3 Å². The molecule has 1 heterocycles. The Bertz CT molecular complexity index is 500. The summed E-state index contributed by atoms with van der Waals surface area (Å²) in [4.78, 5) is 12.7. The number of hydrogen-bond donors (Lipinski definition) is 1. The van der Waals surface area contributed by atoms with E-state index in [1.807, 2.05) is 32.4 Å². The van der Waals surface area contributed by atoms with Crippen LogP contribution in [0.4, 0.5) is 0 Å². The van der Waals surface area contributed by atoms with E-state index in [0.29, 0.717) is 6.54 Å². The number of aromatic nitrogens is 2. The second-order valence-corrected chi connectivity index (χ2v) is 4.58. The first-order valence-corrected chi connectivity index (χ1v) is 6.35. The maximum Gasteiger partial charge on any atom is 0.317 e. The van der Waals surface area contributed by atoms with Gasteiger partial charge in [-0.1, -0.05) is 5.92 Å². The predicted octanol–water partition coefficient (Wildman–Crippen LogP) is 1.60. The quantitative estimate of drug-likeness (QED) is 0.792. The Hall–Kier alpha value is -1.80. The highest BCUT2D eigenvalue weighted by atomic mass is 16.4. The molecule has 0 fully saturated rings. The van der Waals surface area contributed by atoms with Gasteiger partial charge >= 0.3 is 5.97 Å². The summed E-state index contributed by atoms with van der Waals surface area (Å²) in [5.74, 6) is 1.64. The van der Waals surface area contributed by atoms with Gasteiger partial charge in [0.05, 0.1) is 18.8 Å². The number of hydrogen-bond acceptors (Lipinski definition) is 3. The van der Waals surface area contributed by atoms with E-state index in [2.05, 4.69) is 11.0 Å². The standard InChI is InChI=1S/C14H21N3O2/c1-6-8-16(9-13(18)19)11(4)14-10(3)15-17(7-2)12(14)5/h1,11H,7-9H2,2-5H3,(H,18,19). The van der Waals surface area contributed by atoms with Gasteiger partial charge in [-0.2, -0.15) is 5.10 Å². The molecule has 5 nitrogen and oxygen atoms in total. The maximum atomic E-state index is 10.9. The summed E-state index contributed by atoms with van der Waals surface area (Å²) >= 11 is 0. The van der Waals surface area contributed by atoms with Gasteiger partial charge in [0.2, 0.25) is 0 Å². The molecule has 19 heavy (non-hydrogen) atoms. The monoisotopic (exact) mass is 263 g/mol. The fourth-order valence-corrected chi connectivity index (χ4v) is 2.43. The summed E-state index contributed by atoms with van der Waals surface area (Å²) in [5, 5.41) is 13.4. The number of rotatable bonds is 6. The van der Waals surface area contributed by atoms with Gasteiger partial charge in [-0.3, -0.25) is 14.4 Å². The zero-order valence-electron chi connectivity index (χ0n) is 12.0. The molecule has 1 aromatic heterocycles. The number of aliphatic carboxylic acids is 1. The van der Waals surface area contributed by atoms with Crippen molar-refractivity contribution in [2.75, 3.05) is 13.1 Å². The summed E-state index contributed by atoms with van der Waals surface area (Å²) in [6, 6.07) is -0.0625. The number of nitrogens with zero attached hydrogens (tertiary/aromatic N) is 3. The van der Waals surface area contributed by atoms with Crippen molar-refractivity contribution < 1.29 is 9.90 Å². The number of terminal acetylenes is 1. The van der Waals surface area contributed by atoms with E-state index >= 15 is 0 Å². The third-order valence-electron chi connectivity index (χ3n) is 3.34. The Morgan fingerprint density at radius 1 is 1.58 bits per heavy atom. The van der Waals surface area contributed by atoms with Gasteiger partial charge in [-0.25, -0.2) is 0 Å². The molecule has 1 aromatic rings. The lowest BCUT2D eigenvalue weighted by Gasteiger charge is -2.26. The van der Waals surface area contributed by atoms with Crippen LogP contribution in [0.15, 0.2) is 0 Å². The molecule has 104 valence electrons. The zero-order chi connectivity index (χ0) is 14.6. The van der Waals surface area contributed by atoms with Crippen LogP contribution in [0.25, 0.3) is 0 Å². The smallest absolute Gasteiger partial charge is 0.317 e. The lowest BCUT2D eigenvalue weighted by molar-refractivity contribution is -0.138. The highest BCUT2D eigenvalue weighted by Crippen LogP contribution is 2.26. The average molecular weight is 263 g/mol. The minimum absolute atomic E-state index is 0.0625. The van der Waals surface area contributed by atoms with Crippen molar-refractivity contribution in [3.63, 3.8) is 0 Å². The maximum absolute atomic E-state index is 10.9. The molecule has 0 aliphatic heterocycles. The first-order valence-electron chi connectivity index (χ1n) is 6.35. The summed E-state index contributed by atoms with van der Waals surface area (Å²) in [7, 11) is 0. The first kappa shape index (κ1) is 15.3. The van der Waals surface area contributed by atoms with Crippen LogP contribution in [0.2, 0.25) is 0 Å². The fraction of sp³-hybridized carbons (Fsp3) is 0.571. The normalized spacial score (nSPS) is 12.4. The number of carboxylic acids is 1. The molecule has 0 spiro atoms. The zero-order valence-corrected chi connectivity index (χ0v) is 12.0. The summed E-state index contributed by atoms with van der Waals surface area (Å²) < 4.78 is 1.93. The lowest BCUT2D eigenvalue weighted by atomic mass is 10.0. The SMILES string of the molecule is C#CCN(CC(=O)O)C(C)c1c(C)nn(CC)c1C. The van der Waals surface area contributed by atoms with Crippen LogP contribution in [0.3, 0.4) is 0 Å². The van der Waals surface area contributed by atoms with Crippen molar-refractivity contribution in [3.05, 3.63) is 17.0 Å². The molecule has 0 saturated carbocycles. The molecule has 0 radical (unpaired) electrons. The third kappa shape index (κ3) is 3.36. The lowest BCUT2D eigenvalue weighted by Crippen LogP contribution is -2.33. The Balaban J connectivity index is 3.09. The van der Waals surface area contributed by atoms with Gasteiger partial charge in [-0.15, -0.1) is 6.42 Å². The van der Waals surface area contributed by atoms with Gasteiger partial charge in [-0.05, 0) is 27.7 Å². The van der Waals surface area contributed by atoms with Gasteiger partial charge in [0, 0.05) is 23.8 Å². The van der Waals surface area contributed by atoms with Gasteiger partial charge < -0.3 is 5.11 Å². The van der Waals surface area contributed by atoms with Crippen molar-refractivity contribution in [1.29, 1.82) is 0 Å². The Morgan fingerprint density at radius 2 is 2.21 bits per heavy atom. The number of carboxylic acid groups (broad SMARTS) is 1. The van der Waals surface area contributed by atoms with Crippen molar-refractivity contribution >= 4 is 5.97 Å². The van der Waals surface area contributed by atoms with E-state index in [0.717, 1.165) is 23.5 Å². The third-order valence-corrected chi connectivity index (χ3v) is 3.34. The van der Waals surface area contributed by atoms with Crippen molar-refractivity contribution in [2.45, 2.75) is 40.3 Å². The van der Waals surface area contributed by atoms with E-state index in [-0.39, 0.29) is 12.6 Å². The van der Waals surface area contributed by atoms with E-state index in [4.69, 9.17) is 11.5 Å². The van der Waals surface area contributed by atoms with Crippen molar-refractivity contribution in [1.82, 2.24) is 14.7 Å². The van der Waals surface area contributed by atoms with E-state index in [1.165, 1.54) is 0 Å². The van der Waals surface area contributed by atoms with Crippen LogP contribution in [-0.4, -0.2) is 38.8 Å². The van der Waals surface area contributed by atoms with Gasteiger partial charge in [0.1, 0.15) is 0 Å².